The average molecular weight is 512 g/mol. The molecule has 0 N–H and O–H groups in total. The Balaban J connectivity index is 1.92. The second-order valence-electron chi connectivity index (χ2n) is 7.68. The molecule has 0 amide bonds. The Kier molecular flexibility index (Phi) is 4.19. The van der Waals surface area contributed by atoms with E-state index in [4.69, 9.17) is 0 Å². The van der Waals surface area contributed by atoms with Crippen LogP contribution in [0.5, 0.6) is 0 Å². The molecule has 0 heterocycles. The lowest BCUT2D eigenvalue weighted by Crippen LogP contribution is -1.90. The second kappa shape index (κ2) is 6.94. The van der Waals surface area contributed by atoms with Gasteiger partial charge in [-0.1, -0.05) is 92.5 Å². The number of hydrogen-bond acceptors (Lipinski definition) is 0. The fourth-order valence-corrected chi connectivity index (χ4v) is 5.38. The standard InChI is InChI=1S/C28H16Br2/c29-21-9-11-25-19(15-21)13-17-5-1-3-7-23(17)27(25)28-24-8-4-2-6-18(24)14-20-16-22(30)10-12-26(20)28/h1-16H. The Bertz CT molecular complexity index is 1490. The quantitative estimate of drug-likeness (QED) is 0.193. The third-order valence-corrected chi connectivity index (χ3v) is 6.88. The van der Waals surface area contributed by atoms with Crippen molar-refractivity contribution in [2.75, 3.05) is 0 Å². The summed E-state index contributed by atoms with van der Waals surface area (Å²) in [6.45, 7) is 0. The van der Waals surface area contributed by atoms with Crippen LogP contribution in [-0.4, -0.2) is 0 Å². The summed E-state index contributed by atoms with van der Waals surface area (Å²) in [5.41, 5.74) is 2.61. The van der Waals surface area contributed by atoms with Gasteiger partial charge in [-0.15, -0.1) is 0 Å². The van der Waals surface area contributed by atoms with Gasteiger partial charge in [-0.3, -0.25) is 0 Å². The van der Waals surface area contributed by atoms with E-state index in [2.05, 4.69) is 129 Å². The lowest BCUT2D eigenvalue weighted by molar-refractivity contribution is 1.69. The minimum absolute atomic E-state index is 1.10. The van der Waals surface area contributed by atoms with Gasteiger partial charge in [-0.25, -0.2) is 0 Å². The molecule has 0 radical (unpaired) electrons. The molecule has 0 spiro atoms. The van der Waals surface area contributed by atoms with Gasteiger partial charge in [-0.05, 0) is 90.6 Å². The highest BCUT2D eigenvalue weighted by Gasteiger charge is 2.16. The van der Waals surface area contributed by atoms with Crippen molar-refractivity contribution in [2.45, 2.75) is 0 Å². The molecule has 0 saturated heterocycles. The molecule has 0 aliphatic rings. The van der Waals surface area contributed by atoms with Crippen molar-refractivity contribution in [3.05, 3.63) is 106 Å². The van der Waals surface area contributed by atoms with Gasteiger partial charge in [0, 0.05) is 8.95 Å². The predicted octanol–water partition coefficient (Wildman–Crippen LogP) is 9.49. The molecule has 0 atom stereocenters. The first-order chi connectivity index (χ1) is 14.7. The van der Waals surface area contributed by atoms with Gasteiger partial charge >= 0.3 is 0 Å². The molecule has 0 unspecified atom stereocenters. The molecule has 6 aromatic rings. The third kappa shape index (κ3) is 2.79. The summed E-state index contributed by atoms with van der Waals surface area (Å²) in [5.74, 6) is 0. The van der Waals surface area contributed by atoms with Gasteiger partial charge < -0.3 is 0 Å². The van der Waals surface area contributed by atoms with E-state index in [0.29, 0.717) is 0 Å². The van der Waals surface area contributed by atoms with Crippen LogP contribution < -0.4 is 0 Å². The lowest BCUT2D eigenvalue weighted by Gasteiger charge is -2.17. The highest BCUT2D eigenvalue weighted by atomic mass is 79.9. The van der Waals surface area contributed by atoms with E-state index >= 15 is 0 Å². The van der Waals surface area contributed by atoms with Crippen molar-refractivity contribution >= 4 is 74.9 Å². The lowest BCUT2D eigenvalue weighted by atomic mass is 9.86. The van der Waals surface area contributed by atoms with Crippen LogP contribution in [0.25, 0.3) is 54.2 Å². The van der Waals surface area contributed by atoms with E-state index in [9.17, 15) is 0 Å². The van der Waals surface area contributed by atoms with Gasteiger partial charge in [0.2, 0.25) is 0 Å². The second-order valence-corrected chi connectivity index (χ2v) is 9.51. The Hall–Kier alpha value is -2.68. The minimum Gasteiger partial charge on any atom is -0.0616 e. The van der Waals surface area contributed by atoms with E-state index in [0.717, 1.165) is 8.95 Å². The normalized spacial score (nSPS) is 11.7. The minimum atomic E-state index is 1.10. The van der Waals surface area contributed by atoms with E-state index in [1.165, 1.54) is 54.2 Å². The highest BCUT2D eigenvalue weighted by molar-refractivity contribution is 9.10. The monoisotopic (exact) mass is 510 g/mol. The SMILES string of the molecule is Brc1ccc2c(-c3c4ccccc4cc4cc(Br)ccc34)c3ccccc3cc2c1. The zero-order valence-electron chi connectivity index (χ0n) is 16.0. The van der Waals surface area contributed by atoms with Crippen molar-refractivity contribution in [2.24, 2.45) is 0 Å². The summed E-state index contributed by atoms with van der Waals surface area (Å²) in [7, 11) is 0. The number of rotatable bonds is 1. The third-order valence-electron chi connectivity index (χ3n) is 5.90. The molecule has 0 nitrogen and oxygen atoms in total. The molecule has 142 valence electrons. The van der Waals surface area contributed by atoms with Crippen LogP contribution in [0.1, 0.15) is 0 Å². The zero-order valence-corrected chi connectivity index (χ0v) is 19.2. The number of benzene rings is 6. The summed E-state index contributed by atoms with van der Waals surface area (Å²) in [4.78, 5) is 0. The molecule has 6 aromatic carbocycles. The molecule has 0 saturated carbocycles. The van der Waals surface area contributed by atoms with E-state index in [1.807, 2.05) is 0 Å². The Morgan fingerprint density at radius 2 is 0.767 bits per heavy atom. The van der Waals surface area contributed by atoms with Gasteiger partial charge in [0.25, 0.3) is 0 Å². The molecular formula is C28H16Br2. The van der Waals surface area contributed by atoms with Gasteiger partial charge in [0.05, 0.1) is 0 Å². The van der Waals surface area contributed by atoms with Crippen LogP contribution in [0.3, 0.4) is 0 Å². The molecule has 30 heavy (non-hydrogen) atoms. The summed E-state index contributed by atoms with van der Waals surface area (Å²) < 4.78 is 2.20. The Morgan fingerprint density at radius 3 is 1.23 bits per heavy atom. The summed E-state index contributed by atoms with van der Waals surface area (Å²) in [6, 6.07) is 35.2. The van der Waals surface area contributed by atoms with E-state index in [-0.39, 0.29) is 0 Å². The van der Waals surface area contributed by atoms with Crippen molar-refractivity contribution in [3.8, 4) is 11.1 Å². The number of hydrogen-bond donors (Lipinski definition) is 0. The van der Waals surface area contributed by atoms with Gasteiger partial charge in [-0.2, -0.15) is 0 Å². The summed E-state index contributed by atoms with van der Waals surface area (Å²) in [6.07, 6.45) is 0. The Labute approximate surface area is 191 Å². The van der Waals surface area contributed by atoms with Crippen LogP contribution in [0.4, 0.5) is 0 Å². The fraction of sp³-hybridized carbons (Fsp3) is 0. The zero-order chi connectivity index (χ0) is 20.2. The van der Waals surface area contributed by atoms with Crippen molar-refractivity contribution < 1.29 is 0 Å². The van der Waals surface area contributed by atoms with Crippen LogP contribution in [0.15, 0.2) is 106 Å². The molecule has 0 aliphatic heterocycles. The van der Waals surface area contributed by atoms with Crippen molar-refractivity contribution in [1.82, 2.24) is 0 Å². The molecule has 2 heteroatoms. The highest BCUT2D eigenvalue weighted by Crippen LogP contribution is 2.44. The van der Waals surface area contributed by atoms with Crippen LogP contribution in [-0.2, 0) is 0 Å². The molecular weight excluding hydrogens is 496 g/mol. The fourth-order valence-electron chi connectivity index (χ4n) is 4.63. The average Bonchev–Trinajstić information content (AvgIpc) is 2.76. The first kappa shape index (κ1) is 18.1. The maximum Gasteiger partial charge on any atom is 0.0181 e. The largest absolute Gasteiger partial charge is 0.0616 e. The van der Waals surface area contributed by atoms with Crippen molar-refractivity contribution in [1.29, 1.82) is 0 Å². The maximum absolute atomic E-state index is 3.66. The smallest absolute Gasteiger partial charge is 0.0181 e. The topological polar surface area (TPSA) is 0 Å². The molecule has 0 fully saturated rings. The number of fused-ring (bicyclic) bond motifs is 4. The summed E-state index contributed by atoms with van der Waals surface area (Å²) >= 11 is 7.32. The van der Waals surface area contributed by atoms with Crippen molar-refractivity contribution in [3.63, 3.8) is 0 Å². The van der Waals surface area contributed by atoms with E-state index < -0.39 is 0 Å². The maximum atomic E-state index is 3.66. The number of halogens is 2. The summed E-state index contributed by atoms with van der Waals surface area (Å²) in [5, 5.41) is 10.1. The molecule has 0 aliphatic carbocycles. The molecule has 6 rings (SSSR count). The first-order valence-electron chi connectivity index (χ1n) is 9.91. The van der Waals surface area contributed by atoms with E-state index in [1.54, 1.807) is 0 Å². The van der Waals surface area contributed by atoms with Crippen LogP contribution in [0, 0.1) is 0 Å². The predicted molar refractivity (Wildman–Crippen MR) is 137 cm³/mol. The molecule has 0 bridgehead atoms. The van der Waals surface area contributed by atoms with Crippen LogP contribution in [0.2, 0.25) is 0 Å². The van der Waals surface area contributed by atoms with Gasteiger partial charge in [0.15, 0.2) is 0 Å². The van der Waals surface area contributed by atoms with Crippen LogP contribution >= 0.6 is 31.9 Å². The molecule has 0 aromatic heterocycles. The van der Waals surface area contributed by atoms with Gasteiger partial charge in [0.1, 0.15) is 0 Å². The Morgan fingerprint density at radius 1 is 0.367 bits per heavy atom. The first-order valence-corrected chi connectivity index (χ1v) is 11.5.